The third-order valence-corrected chi connectivity index (χ3v) is 4.95. The van der Waals surface area contributed by atoms with Gasteiger partial charge in [0, 0.05) is 21.7 Å². The lowest BCUT2D eigenvalue weighted by Crippen LogP contribution is -2.41. The van der Waals surface area contributed by atoms with Crippen LogP contribution >= 0.6 is 23.2 Å². The zero-order valence-electron chi connectivity index (χ0n) is 15.2. The molecule has 1 fully saturated rings. The van der Waals surface area contributed by atoms with E-state index < -0.39 is 23.4 Å². The van der Waals surface area contributed by atoms with Gasteiger partial charge in [0.1, 0.15) is 17.2 Å². The Morgan fingerprint density at radius 1 is 0.700 bits per heavy atom. The second-order valence-electron chi connectivity index (χ2n) is 6.41. The molecule has 1 heterocycles. The van der Waals surface area contributed by atoms with Crippen molar-refractivity contribution in [2.75, 3.05) is 10.0 Å². The van der Waals surface area contributed by atoms with Crippen LogP contribution < -0.4 is 10.0 Å². The minimum absolute atomic E-state index is 0.0814. The van der Waals surface area contributed by atoms with Gasteiger partial charge in [-0.05, 0) is 66.7 Å². The molecule has 4 rings (SSSR count). The van der Waals surface area contributed by atoms with Gasteiger partial charge >= 0.3 is 0 Å². The minimum atomic E-state index is -0.883. The van der Waals surface area contributed by atoms with Crippen LogP contribution in [0, 0.1) is 11.6 Å². The monoisotopic (exact) mass is 444 g/mol. The maximum Gasteiger partial charge on any atom is 0.283 e. The van der Waals surface area contributed by atoms with E-state index in [1.54, 1.807) is 48.5 Å². The molecule has 3 aromatic carbocycles. The summed E-state index contributed by atoms with van der Waals surface area (Å²) in [6.45, 7) is 0. The van der Waals surface area contributed by atoms with E-state index in [1.807, 2.05) is 0 Å². The quantitative estimate of drug-likeness (QED) is 0.386. The smallest absolute Gasteiger partial charge is 0.267 e. The highest BCUT2D eigenvalue weighted by molar-refractivity contribution is 6.38. The molecular weight excluding hydrogens is 433 g/mol. The highest BCUT2D eigenvalue weighted by Crippen LogP contribution is 2.33. The lowest BCUT2D eigenvalue weighted by Gasteiger charge is -2.27. The van der Waals surface area contributed by atoms with Gasteiger partial charge in [-0.25, -0.2) is 18.8 Å². The fourth-order valence-corrected chi connectivity index (χ4v) is 3.28. The summed E-state index contributed by atoms with van der Waals surface area (Å²) >= 11 is 11.9. The molecule has 1 aliphatic heterocycles. The first-order valence-electron chi connectivity index (χ1n) is 8.72. The summed E-state index contributed by atoms with van der Waals surface area (Å²) in [4.78, 5) is 26.3. The van der Waals surface area contributed by atoms with Gasteiger partial charge in [0.2, 0.25) is 0 Å². The van der Waals surface area contributed by atoms with Gasteiger partial charge in [-0.15, -0.1) is 0 Å². The van der Waals surface area contributed by atoms with Crippen LogP contribution in [0.4, 0.5) is 20.2 Å². The molecule has 30 heavy (non-hydrogen) atoms. The molecule has 2 amide bonds. The van der Waals surface area contributed by atoms with Crippen molar-refractivity contribution in [2.45, 2.75) is 0 Å². The van der Waals surface area contributed by atoms with Crippen LogP contribution in [0.15, 0.2) is 72.3 Å². The van der Waals surface area contributed by atoms with E-state index >= 15 is 0 Å². The first-order valence-corrected chi connectivity index (χ1v) is 9.47. The number of benzene rings is 3. The lowest BCUT2D eigenvalue weighted by atomic mass is 10.1. The average molecular weight is 445 g/mol. The number of rotatable bonds is 3. The van der Waals surface area contributed by atoms with Crippen LogP contribution in [0.3, 0.4) is 0 Å². The van der Waals surface area contributed by atoms with Gasteiger partial charge < -0.3 is 0 Å². The van der Waals surface area contributed by atoms with Crippen molar-refractivity contribution >= 4 is 52.5 Å². The van der Waals surface area contributed by atoms with E-state index in [-0.39, 0.29) is 11.1 Å². The molecule has 8 heteroatoms. The summed E-state index contributed by atoms with van der Waals surface area (Å²) in [6, 6.07) is 15.5. The number of carbonyl (C=O) groups is 2. The van der Waals surface area contributed by atoms with Gasteiger partial charge in [0.15, 0.2) is 0 Å². The number of carbonyl (C=O) groups excluding carboxylic acids is 2. The van der Waals surface area contributed by atoms with Crippen LogP contribution in [0.1, 0.15) is 5.56 Å². The fourth-order valence-electron chi connectivity index (χ4n) is 3.03. The molecule has 0 atom stereocenters. The molecule has 0 aliphatic carbocycles. The molecule has 4 nitrogen and oxygen atoms in total. The number of nitrogens with zero attached hydrogens (tertiary/aromatic N) is 2. The van der Waals surface area contributed by atoms with Crippen molar-refractivity contribution in [3.8, 4) is 0 Å². The Morgan fingerprint density at radius 3 is 1.60 bits per heavy atom. The molecule has 0 unspecified atom stereocenters. The first kappa shape index (κ1) is 20.1. The fraction of sp³-hybridized carbons (Fsp3) is 0. The highest BCUT2D eigenvalue weighted by atomic mass is 35.5. The normalized spacial score (nSPS) is 13.9. The standard InChI is InChI=1S/C22H12Cl2F2N2O2/c23-14-2-7-17(8-3-14)27-21(29)19(11-13-1-6-16(25)12-20(13)26)22(30)28(27)18-9-4-15(24)5-10-18/h1-12H. The summed E-state index contributed by atoms with van der Waals surface area (Å²) in [7, 11) is 0. The molecule has 0 bridgehead atoms. The van der Waals surface area contributed by atoms with Crippen LogP contribution in [0.5, 0.6) is 0 Å². The Hall–Kier alpha value is -3.22. The molecule has 0 radical (unpaired) electrons. The minimum Gasteiger partial charge on any atom is -0.267 e. The van der Waals surface area contributed by atoms with Gasteiger partial charge in [-0.3, -0.25) is 9.59 Å². The molecule has 0 N–H and O–H groups in total. The lowest BCUT2D eigenvalue weighted by molar-refractivity contribution is -0.116. The Kier molecular flexibility index (Phi) is 5.28. The molecule has 0 saturated carbocycles. The maximum absolute atomic E-state index is 14.1. The second-order valence-corrected chi connectivity index (χ2v) is 7.28. The number of hydrogen-bond donors (Lipinski definition) is 0. The Labute approximate surface area is 180 Å². The van der Waals surface area contributed by atoms with Crippen LogP contribution in [-0.2, 0) is 9.59 Å². The first-order chi connectivity index (χ1) is 14.3. The van der Waals surface area contributed by atoms with E-state index in [2.05, 4.69) is 0 Å². The zero-order chi connectivity index (χ0) is 21.4. The maximum atomic E-state index is 14.1. The van der Waals surface area contributed by atoms with Crippen molar-refractivity contribution in [2.24, 2.45) is 0 Å². The van der Waals surface area contributed by atoms with Crippen LogP contribution in [0.2, 0.25) is 10.0 Å². The SMILES string of the molecule is O=C1C(=Cc2ccc(F)cc2F)C(=O)N(c2ccc(Cl)cc2)N1c1ccc(Cl)cc1. The molecule has 0 aromatic heterocycles. The van der Waals surface area contributed by atoms with Crippen LogP contribution in [0.25, 0.3) is 6.08 Å². The molecular formula is C22H12Cl2F2N2O2. The third-order valence-electron chi connectivity index (χ3n) is 4.45. The number of hydrogen-bond acceptors (Lipinski definition) is 2. The van der Waals surface area contributed by atoms with Crippen molar-refractivity contribution in [1.82, 2.24) is 0 Å². The van der Waals surface area contributed by atoms with Gasteiger partial charge in [-0.2, -0.15) is 0 Å². The number of anilines is 2. The number of halogens is 4. The Morgan fingerprint density at radius 2 is 1.17 bits per heavy atom. The van der Waals surface area contributed by atoms with E-state index in [9.17, 15) is 18.4 Å². The number of hydrazine groups is 1. The third kappa shape index (κ3) is 3.67. The van der Waals surface area contributed by atoms with E-state index in [1.165, 1.54) is 0 Å². The predicted octanol–water partition coefficient (Wildman–Crippen LogP) is 5.65. The van der Waals surface area contributed by atoms with Gasteiger partial charge in [-0.1, -0.05) is 23.2 Å². The second kappa shape index (κ2) is 7.89. The summed E-state index contributed by atoms with van der Waals surface area (Å²) in [5, 5.41) is 3.24. The summed E-state index contributed by atoms with van der Waals surface area (Å²) < 4.78 is 27.3. The molecule has 1 aliphatic rings. The van der Waals surface area contributed by atoms with Gasteiger partial charge in [0.25, 0.3) is 11.8 Å². The topological polar surface area (TPSA) is 40.6 Å². The number of amides is 2. The van der Waals surface area contributed by atoms with Crippen molar-refractivity contribution in [1.29, 1.82) is 0 Å². The summed E-state index contributed by atoms with van der Waals surface area (Å²) in [6.07, 6.45) is 1.11. The van der Waals surface area contributed by atoms with Crippen molar-refractivity contribution in [3.63, 3.8) is 0 Å². The highest BCUT2D eigenvalue weighted by Gasteiger charge is 2.43. The van der Waals surface area contributed by atoms with Crippen LogP contribution in [-0.4, -0.2) is 11.8 Å². The molecule has 3 aromatic rings. The van der Waals surface area contributed by atoms with Crippen molar-refractivity contribution in [3.05, 3.63) is 99.5 Å². The Balaban J connectivity index is 1.85. The van der Waals surface area contributed by atoms with E-state index in [0.717, 1.165) is 28.2 Å². The molecule has 0 spiro atoms. The summed E-state index contributed by atoms with van der Waals surface area (Å²) in [5.74, 6) is -2.97. The average Bonchev–Trinajstić information content (AvgIpc) is 2.96. The molecule has 1 saturated heterocycles. The zero-order valence-corrected chi connectivity index (χ0v) is 16.7. The Bertz CT molecular complexity index is 1110. The summed E-state index contributed by atoms with van der Waals surface area (Å²) in [5.41, 5.74) is 0.416. The van der Waals surface area contributed by atoms with Gasteiger partial charge in [0.05, 0.1) is 11.4 Å². The van der Waals surface area contributed by atoms with Crippen molar-refractivity contribution < 1.29 is 18.4 Å². The van der Waals surface area contributed by atoms with E-state index in [4.69, 9.17) is 23.2 Å². The predicted molar refractivity (Wildman–Crippen MR) is 112 cm³/mol. The van der Waals surface area contributed by atoms with E-state index in [0.29, 0.717) is 27.5 Å². The molecule has 150 valence electrons. The largest absolute Gasteiger partial charge is 0.283 e.